The summed E-state index contributed by atoms with van der Waals surface area (Å²) >= 11 is 0. The molecule has 6 aliphatic heterocycles. The molecule has 6 saturated heterocycles. The van der Waals surface area contributed by atoms with Crippen LogP contribution in [0.15, 0.2) is 0 Å². The lowest BCUT2D eigenvalue weighted by atomic mass is 9.92. The molecule has 37 heteroatoms. The lowest BCUT2D eigenvalue weighted by molar-refractivity contribution is -0.388. The summed E-state index contributed by atoms with van der Waals surface area (Å²) in [6.07, 6.45) is -46.0. The minimum Gasteiger partial charge on any atom is -0.394 e. The SMILES string of the molecule is CC(=O)N[C@H]1[C@H](OC[C@H]2O[C@@H](O[C@@H]3O[C@H](CO)[C@@H](O)[C@H](O[C@@H]4O[C@H](CO)[C@@H](O)[C@H](O)[C@H]4NC(C)=O)[C@H]3NC(C)=O)[C@H](NC(C)=O)[C@@H](O[C@@H]3O[C@H](CO)[C@@H](O)[C@H](O)[C@H]3NC(C)=O)[C@@H]2O[C@@H]2O[C@H](CO)[C@@H](O)[C@H](O)[C@H]2NC(C)=O)O[C@H](CO)[C@@H](O)[C@@H]1O. The van der Waals surface area contributed by atoms with E-state index in [0.29, 0.717) is 0 Å². The van der Waals surface area contributed by atoms with E-state index >= 15 is 0 Å². The number of nitrogens with one attached hydrogen (secondary N) is 6. The molecule has 37 nitrogen and oxygen atoms in total. The minimum atomic E-state index is -2.20. The van der Waals surface area contributed by atoms with Crippen molar-refractivity contribution in [3.63, 3.8) is 0 Å². The molecule has 30 atom stereocenters. The van der Waals surface area contributed by atoms with Crippen molar-refractivity contribution in [1.82, 2.24) is 31.9 Å². The predicted octanol–water partition coefficient (Wildman–Crippen LogP) is -13.2. The molecule has 6 aliphatic rings. The molecule has 0 spiro atoms. The van der Waals surface area contributed by atoms with Crippen LogP contribution in [0.25, 0.3) is 0 Å². The Bertz CT molecular complexity index is 2230. The first-order valence-corrected chi connectivity index (χ1v) is 27.0. The molecule has 0 unspecified atom stereocenters. The number of carbonyl (C=O) groups is 6. The van der Waals surface area contributed by atoms with Crippen LogP contribution < -0.4 is 31.9 Å². The Labute approximate surface area is 483 Å². The fraction of sp³-hybridized carbons (Fsp3) is 0.875. The molecule has 0 bridgehead atoms. The average molecular weight is 1240 g/mol. The zero-order valence-corrected chi connectivity index (χ0v) is 46.8. The van der Waals surface area contributed by atoms with Crippen molar-refractivity contribution in [3.8, 4) is 0 Å². The second kappa shape index (κ2) is 30.8. The molecule has 20 N–H and O–H groups in total. The Morgan fingerprint density at radius 3 is 0.847 bits per heavy atom. The average Bonchev–Trinajstić information content (AvgIpc) is 1.88. The summed E-state index contributed by atoms with van der Waals surface area (Å²) in [5.41, 5.74) is 0. The first-order valence-electron chi connectivity index (χ1n) is 27.0. The van der Waals surface area contributed by atoms with Crippen LogP contribution in [0.4, 0.5) is 0 Å². The lowest BCUT2D eigenvalue weighted by Crippen LogP contribution is -2.73. The van der Waals surface area contributed by atoms with Gasteiger partial charge in [0.25, 0.3) is 0 Å². The van der Waals surface area contributed by atoms with Gasteiger partial charge in [0, 0.05) is 41.5 Å². The van der Waals surface area contributed by atoms with Gasteiger partial charge in [-0.15, -0.1) is 0 Å². The van der Waals surface area contributed by atoms with Gasteiger partial charge in [-0.25, -0.2) is 0 Å². The van der Waals surface area contributed by atoms with Gasteiger partial charge < -0.3 is 155 Å². The normalized spacial score (nSPS) is 44.0. The van der Waals surface area contributed by atoms with Gasteiger partial charge in [0.15, 0.2) is 37.7 Å². The van der Waals surface area contributed by atoms with Crippen LogP contribution in [0.5, 0.6) is 0 Å². The highest BCUT2D eigenvalue weighted by Gasteiger charge is 2.59. The highest BCUT2D eigenvalue weighted by Crippen LogP contribution is 2.38. The quantitative estimate of drug-likeness (QED) is 0.0479. The Morgan fingerprint density at radius 1 is 0.294 bits per heavy atom. The second-order valence-corrected chi connectivity index (χ2v) is 21.2. The molecule has 0 aromatic carbocycles. The lowest BCUT2D eigenvalue weighted by Gasteiger charge is -2.53. The van der Waals surface area contributed by atoms with E-state index in [4.69, 9.17) is 52.1 Å². The minimum absolute atomic E-state index is 0.794. The maximum atomic E-state index is 13.6. The summed E-state index contributed by atoms with van der Waals surface area (Å²) in [5.74, 6) is -5.15. The first-order chi connectivity index (χ1) is 40.1. The molecular weight excluding hydrogens is 1160 g/mol. The van der Waals surface area contributed by atoms with Crippen LogP contribution in [-0.2, 0) is 80.9 Å². The van der Waals surface area contributed by atoms with Crippen LogP contribution in [0.1, 0.15) is 41.5 Å². The van der Waals surface area contributed by atoms with E-state index in [9.17, 15) is 100 Å². The number of rotatable bonds is 22. The van der Waals surface area contributed by atoms with Crippen molar-refractivity contribution in [2.75, 3.05) is 39.6 Å². The van der Waals surface area contributed by atoms with E-state index in [2.05, 4.69) is 31.9 Å². The molecule has 6 amide bonds. The molecule has 0 saturated carbocycles. The molecule has 0 aliphatic carbocycles. The van der Waals surface area contributed by atoms with Gasteiger partial charge in [-0.3, -0.25) is 28.8 Å². The van der Waals surface area contributed by atoms with Crippen molar-refractivity contribution in [2.45, 2.75) is 225 Å². The number of aliphatic hydroxyl groups excluding tert-OH is 14. The van der Waals surface area contributed by atoms with Gasteiger partial charge >= 0.3 is 0 Å². The molecule has 0 radical (unpaired) electrons. The summed E-state index contributed by atoms with van der Waals surface area (Å²) in [7, 11) is 0. The second-order valence-electron chi connectivity index (χ2n) is 21.2. The fourth-order valence-corrected chi connectivity index (χ4v) is 10.8. The number of aliphatic hydroxyl groups is 14. The molecule has 0 aromatic heterocycles. The van der Waals surface area contributed by atoms with Crippen LogP contribution >= 0.6 is 0 Å². The van der Waals surface area contributed by atoms with E-state index in [0.717, 1.165) is 41.5 Å². The van der Waals surface area contributed by atoms with E-state index in [1.165, 1.54) is 0 Å². The summed E-state index contributed by atoms with van der Waals surface area (Å²) in [5, 5.41) is 167. The van der Waals surface area contributed by atoms with E-state index in [1.54, 1.807) is 0 Å². The molecule has 6 fully saturated rings. The van der Waals surface area contributed by atoms with Gasteiger partial charge in [0.1, 0.15) is 146 Å². The number of carbonyl (C=O) groups excluding carboxylic acids is 6. The van der Waals surface area contributed by atoms with Crippen molar-refractivity contribution in [1.29, 1.82) is 0 Å². The Kier molecular flexibility index (Phi) is 25.4. The largest absolute Gasteiger partial charge is 0.394 e. The van der Waals surface area contributed by atoms with Crippen molar-refractivity contribution in [2.24, 2.45) is 0 Å². The van der Waals surface area contributed by atoms with Crippen molar-refractivity contribution >= 4 is 35.4 Å². The van der Waals surface area contributed by atoms with E-state index in [1.807, 2.05) is 0 Å². The Balaban J connectivity index is 1.55. The van der Waals surface area contributed by atoms with Crippen LogP contribution in [0.3, 0.4) is 0 Å². The third-order valence-electron chi connectivity index (χ3n) is 14.8. The van der Waals surface area contributed by atoms with E-state index < -0.39 is 259 Å². The molecule has 0 aromatic rings. The van der Waals surface area contributed by atoms with E-state index in [-0.39, 0.29) is 0 Å². The summed E-state index contributed by atoms with van der Waals surface area (Å²) in [6.45, 7) is 0.0946. The zero-order chi connectivity index (χ0) is 63.0. The zero-order valence-electron chi connectivity index (χ0n) is 46.8. The summed E-state index contributed by atoms with van der Waals surface area (Å²) in [6, 6.07) is -10.8. The molecule has 6 heterocycles. The van der Waals surface area contributed by atoms with Gasteiger partial charge in [-0.05, 0) is 0 Å². The molecule has 488 valence electrons. The van der Waals surface area contributed by atoms with Gasteiger partial charge in [0.05, 0.1) is 39.6 Å². The van der Waals surface area contributed by atoms with Gasteiger partial charge in [-0.2, -0.15) is 0 Å². The van der Waals surface area contributed by atoms with Gasteiger partial charge in [-0.1, -0.05) is 0 Å². The number of amides is 6. The van der Waals surface area contributed by atoms with Crippen LogP contribution in [-0.4, -0.2) is 330 Å². The number of hydrogen-bond acceptors (Lipinski definition) is 31. The van der Waals surface area contributed by atoms with Gasteiger partial charge in [0.2, 0.25) is 35.4 Å². The Morgan fingerprint density at radius 2 is 0.529 bits per heavy atom. The first kappa shape index (κ1) is 69.9. The molecular formula is C48H80N6O31. The maximum absolute atomic E-state index is 13.6. The highest BCUT2D eigenvalue weighted by atomic mass is 16.8. The number of hydrogen-bond donors (Lipinski definition) is 20. The third kappa shape index (κ3) is 16.6. The summed E-state index contributed by atoms with van der Waals surface area (Å²) in [4.78, 5) is 77.3. The maximum Gasteiger partial charge on any atom is 0.217 e. The summed E-state index contributed by atoms with van der Waals surface area (Å²) < 4.78 is 68.1. The topological polar surface area (TPSA) is 559 Å². The van der Waals surface area contributed by atoms with Crippen LogP contribution in [0.2, 0.25) is 0 Å². The fourth-order valence-electron chi connectivity index (χ4n) is 10.8. The predicted molar refractivity (Wildman–Crippen MR) is 269 cm³/mol. The van der Waals surface area contributed by atoms with Crippen LogP contribution in [0, 0.1) is 0 Å². The number of ether oxygens (including phenoxy) is 11. The third-order valence-corrected chi connectivity index (χ3v) is 14.8. The Hall–Kier alpha value is -4.18. The van der Waals surface area contributed by atoms with Crippen molar-refractivity contribution in [3.05, 3.63) is 0 Å². The monoisotopic (exact) mass is 1240 g/mol. The van der Waals surface area contributed by atoms with Crippen molar-refractivity contribution < 1.29 is 152 Å². The smallest absolute Gasteiger partial charge is 0.217 e. The highest BCUT2D eigenvalue weighted by molar-refractivity contribution is 5.75. The molecule has 85 heavy (non-hydrogen) atoms. The standard InChI is InChI=1S/C48H80N6O31/c1-13(60)49-25-36(71)31(66)19(7-55)76-43(25)75-12-24-40(82-44-26(50-14(2)61)37(72)32(67)20(8-56)77-44)42(84-46-28(52-16(4)63)39(74)34(69)22(10-58)79-46)30(54-18(6)65)48(81-24)85-47-29(53-17(5)64)41(35(70)23(11-59)80-47)83-45-27(51-15(3)62)38(73)33(68)21(9-57)78-45/h19-48,55-59,66-74H,7-12H2,1-6H3,(H,49,60)(H,50,61)(H,51,62)(H,52,63)(H,53,64)(H,54,65)/t19-,20-,21-,22-,23-,24-,25-,26-,27-,28-,29-,30-,31-,32-,33-,34-,35-,36-,37-,38-,39-,40-,41-,42-,43-,44+,45+,46+,47+,48+/m1/s1. The molecule has 6 rings (SSSR count).